The topological polar surface area (TPSA) is 52.6 Å². The predicted molar refractivity (Wildman–Crippen MR) is 76.3 cm³/mol. The molecule has 1 aromatic carbocycles. The molecule has 0 amide bonds. The van der Waals surface area contributed by atoms with Crippen LogP contribution < -0.4 is 0 Å². The van der Waals surface area contributed by atoms with Gasteiger partial charge in [0.05, 0.1) is 19.1 Å². The Morgan fingerprint density at radius 3 is 2.30 bits per heavy atom. The largest absolute Gasteiger partial charge is 0.468 e. The molecule has 1 atom stereocenters. The van der Waals surface area contributed by atoms with Gasteiger partial charge in [0.1, 0.15) is 0 Å². The van der Waals surface area contributed by atoms with Gasteiger partial charge in [0.15, 0.2) is 0 Å². The van der Waals surface area contributed by atoms with E-state index in [0.717, 1.165) is 5.56 Å². The lowest BCUT2D eigenvalue weighted by atomic mass is 9.74. The molecule has 0 aliphatic heterocycles. The van der Waals surface area contributed by atoms with Crippen LogP contribution in [0.2, 0.25) is 0 Å². The lowest BCUT2D eigenvalue weighted by Gasteiger charge is -2.30. The van der Waals surface area contributed by atoms with Gasteiger partial charge in [-0.15, -0.1) is 0 Å². The summed E-state index contributed by atoms with van der Waals surface area (Å²) in [7, 11) is 1.38. The van der Waals surface area contributed by atoms with E-state index in [4.69, 9.17) is 9.47 Å². The van der Waals surface area contributed by atoms with Gasteiger partial charge in [0, 0.05) is 6.42 Å². The highest BCUT2D eigenvalue weighted by Crippen LogP contribution is 2.34. The Morgan fingerprint density at radius 1 is 1.15 bits per heavy atom. The van der Waals surface area contributed by atoms with Crippen molar-refractivity contribution >= 4 is 11.9 Å². The van der Waals surface area contributed by atoms with E-state index in [9.17, 15) is 9.59 Å². The fraction of sp³-hybridized carbons (Fsp3) is 0.500. The van der Waals surface area contributed by atoms with E-state index in [-0.39, 0.29) is 18.4 Å². The molecule has 1 rings (SSSR count). The zero-order valence-corrected chi connectivity index (χ0v) is 12.3. The van der Waals surface area contributed by atoms with Crippen molar-refractivity contribution < 1.29 is 19.1 Å². The summed E-state index contributed by atoms with van der Waals surface area (Å²) in [6.07, 6.45) is 1.16. The number of rotatable bonds is 7. The van der Waals surface area contributed by atoms with Crippen molar-refractivity contribution in [2.45, 2.75) is 38.5 Å². The lowest BCUT2D eigenvalue weighted by Crippen LogP contribution is -2.37. The summed E-state index contributed by atoms with van der Waals surface area (Å²) in [6, 6.07) is 9.45. The molecule has 4 heteroatoms. The molecule has 0 saturated heterocycles. The number of ether oxygens (including phenoxy) is 2. The Labute approximate surface area is 120 Å². The smallest absolute Gasteiger partial charge is 0.316 e. The third-order valence-corrected chi connectivity index (χ3v) is 3.57. The highest BCUT2D eigenvalue weighted by atomic mass is 16.5. The number of hydrogen-bond donors (Lipinski definition) is 0. The first-order valence-corrected chi connectivity index (χ1v) is 6.90. The zero-order chi connectivity index (χ0) is 15.0. The lowest BCUT2D eigenvalue weighted by molar-refractivity contribution is -0.149. The van der Waals surface area contributed by atoms with Gasteiger partial charge >= 0.3 is 11.9 Å². The number of carbonyl (C=O) groups is 2. The Hall–Kier alpha value is -1.84. The van der Waals surface area contributed by atoms with Crippen molar-refractivity contribution in [3.8, 4) is 0 Å². The maximum atomic E-state index is 12.3. The van der Waals surface area contributed by atoms with Gasteiger partial charge < -0.3 is 9.47 Å². The Balaban J connectivity index is 3.01. The highest BCUT2D eigenvalue weighted by molar-refractivity contribution is 5.84. The van der Waals surface area contributed by atoms with Gasteiger partial charge in [-0.3, -0.25) is 9.59 Å². The minimum absolute atomic E-state index is 0.200. The summed E-state index contributed by atoms with van der Waals surface area (Å²) in [6.45, 7) is 4.04. The molecule has 0 N–H and O–H groups in total. The first kappa shape index (κ1) is 16.2. The summed E-state index contributed by atoms with van der Waals surface area (Å²) in [5.74, 6) is -0.597. The summed E-state index contributed by atoms with van der Waals surface area (Å²) >= 11 is 0. The van der Waals surface area contributed by atoms with Gasteiger partial charge in [-0.25, -0.2) is 0 Å². The fourth-order valence-corrected chi connectivity index (χ4v) is 2.39. The van der Waals surface area contributed by atoms with Crippen molar-refractivity contribution in [2.75, 3.05) is 13.7 Å². The van der Waals surface area contributed by atoms with Crippen LogP contribution >= 0.6 is 0 Å². The second-order valence-corrected chi connectivity index (χ2v) is 4.60. The van der Waals surface area contributed by atoms with Gasteiger partial charge in [-0.05, 0) is 25.3 Å². The number of hydrogen-bond acceptors (Lipinski definition) is 4. The molecule has 0 heterocycles. The van der Waals surface area contributed by atoms with Crippen LogP contribution in [0.1, 0.15) is 38.7 Å². The molecule has 20 heavy (non-hydrogen) atoms. The SMILES string of the molecule is CCOC(=O)CC[C@](CC)(C(=O)OC)c1ccccc1. The third kappa shape index (κ3) is 3.59. The van der Waals surface area contributed by atoms with E-state index < -0.39 is 5.41 Å². The monoisotopic (exact) mass is 278 g/mol. The Bertz CT molecular complexity index is 441. The number of benzene rings is 1. The molecule has 0 bridgehead atoms. The summed E-state index contributed by atoms with van der Waals surface area (Å²) < 4.78 is 9.90. The highest BCUT2D eigenvalue weighted by Gasteiger charge is 2.39. The van der Waals surface area contributed by atoms with Gasteiger partial charge in [-0.1, -0.05) is 37.3 Å². The first-order chi connectivity index (χ1) is 9.60. The molecule has 4 nitrogen and oxygen atoms in total. The Kier molecular flexibility index (Phi) is 6.22. The summed E-state index contributed by atoms with van der Waals surface area (Å²) in [5, 5.41) is 0. The minimum Gasteiger partial charge on any atom is -0.468 e. The van der Waals surface area contributed by atoms with E-state index >= 15 is 0 Å². The van der Waals surface area contributed by atoms with Crippen molar-refractivity contribution in [3.05, 3.63) is 35.9 Å². The van der Waals surface area contributed by atoms with E-state index in [1.54, 1.807) is 6.92 Å². The van der Waals surface area contributed by atoms with Crippen molar-refractivity contribution in [1.82, 2.24) is 0 Å². The maximum Gasteiger partial charge on any atom is 0.316 e. The van der Waals surface area contributed by atoms with Crippen LogP contribution in [-0.4, -0.2) is 25.7 Å². The summed E-state index contributed by atoms with van der Waals surface area (Å²) in [5.41, 5.74) is 0.0848. The van der Waals surface area contributed by atoms with Crippen molar-refractivity contribution in [1.29, 1.82) is 0 Å². The van der Waals surface area contributed by atoms with Crippen molar-refractivity contribution in [3.63, 3.8) is 0 Å². The van der Waals surface area contributed by atoms with Crippen molar-refractivity contribution in [2.24, 2.45) is 0 Å². The molecule has 0 aliphatic rings. The van der Waals surface area contributed by atoms with Gasteiger partial charge in [0.2, 0.25) is 0 Å². The molecule has 0 spiro atoms. The second-order valence-electron chi connectivity index (χ2n) is 4.60. The van der Waals surface area contributed by atoms with Crippen LogP contribution in [0, 0.1) is 0 Å². The molecule has 110 valence electrons. The molecule has 0 aromatic heterocycles. The van der Waals surface area contributed by atoms with Crippen LogP contribution in [0.15, 0.2) is 30.3 Å². The van der Waals surface area contributed by atoms with E-state index in [0.29, 0.717) is 19.4 Å². The van der Waals surface area contributed by atoms with Crippen LogP contribution in [0.25, 0.3) is 0 Å². The normalized spacial score (nSPS) is 13.3. The van der Waals surface area contributed by atoms with E-state index in [2.05, 4.69) is 0 Å². The molecule has 0 aliphatic carbocycles. The maximum absolute atomic E-state index is 12.3. The number of esters is 2. The molecular weight excluding hydrogens is 256 g/mol. The van der Waals surface area contributed by atoms with E-state index in [1.807, 2.05) is 37.3 Å². The van der Waals surface area contributed by atoms with Crippen LogP contribution in [0.5, 0.6) is 0 Å². The fourth-order valence-electron chi connectivity index (χ4n) is 2.39. The average molecular weight is 278 g/mol. The first-order valence-electron chi connectivity index (χ1n) is 6.90. The van der Waals surface area contributed by atoms with Gasteiger partial charge in [0.25, 0.3) is 0 Å². The van der Waals surface area contributed by atoms with E-state index in [1.165, 1.54) is 7.11 Å². The van der Waals surface area contributed by atoms with Crippen LogP contribution in [0.4, 0.5) is 0 Å². The third-order valence-electron chi connectivity index (χ3n) is 3.57. The molecule has 0 radical (unpaired) electrons. The molecule has 0 fully saturated rings. The second kappa shape index (κ2) is 7.68. The number of carbonyl (C=O) groups excluding carboxylic acids is 2. The predicted octanol–water partition coefficient (Wildman–Crippen LogP) is 2.85. The standard InChI is InChI=1S/C16H22O4/c1-4-16(15(18)19-3,12-11-14(17)20-5-2)13-9-7-6-8-10-13/h6-10H,4-5,11-12H2,1-3H3/t16-/m0/s1. The molecule has 0 saturated carbocycles. The van der Waals surface area contributed by atoms with Crippen LogP contribution in [-0.2, 0) is 24.5 Å². The minimum atomic E-state index is -0.789. The molecule has 1 aromatic rings. The zero-order valence-electron chi connectivity index (χ0n) is 12.3. The number of methoxy groups -OCH3 is 1. The molecule has 0 unspecified atom stereocenters. The van der Waals surface area contributed by atoms with Crippen LogP contribution in [0.3, 0.4) is 0 Å². The summed E-state index contributed by atoms with van der Waals surface area (Å²) in [4.78, 5) is 23.8. The quantitative estimate of drug-likeness (QED) is 0.720. The van der Waals surface area contributed by atoms with Gasteiger partial charge in [-0.2, -0.15) is 0 Å². The average Bonchev–Trinajstić information content (AvgIpc) is 2.49. The Morgan fingerprint density at radius 2 is 1.80 bits per heavy atom. The molecular formula is C16H22O4.